The number of hydrogen-bond acceptors (Lipinski definition) is 9. The number of likely N-dealkylation sites (tertiary alicyclic amines) is 1. The highest BCUT2D eigenvalue weighted by molar-refractivity contribution is 7.17. The van der Waals surface area contributed by atoms with Gasteiger partial charge in [0.2, 0.25) is 5.95 Å². The van der Waals surface area contributed by atoms with Crippen LogP contribution in [0.5, 0.6) is 0 Å². The SMILES string of the molecule is CC1(C)CC(Nc2nccc(-c3ccc(C(=O)N4CC(O)C[C@H]4C(=O)OCc4ccccc4)s3)n2)CC(C)(C)N1. The maximum Gasteiger partial charge on any atom is 0.329 e. The van der Waals surface area contributed by atoms with Crippen molar-refractivity contribution >= 4 is 29.2 Å². The predicted octanol–water partition coefficient (Wildman–Crippen LogP) is 4.25. The van der Waals surface area contributed by atoms with E-state index in [0.717, 1.165) is 23.3 Å². The maximum atomic E-state index is 13.4. The fourth-order valence-corrected chi connectivity index (χ4v) is 6.92. The minimum absolute atomic E-state index is 0.00494. The third-order valence-corrected chi connectivity index (χ3v) is 8.38. The first-order valence-corrected chi connectivity index (χ1v) is 14.5. The van der Waals surface area contributed by atoms with Crippen molar-refractivity contribution in [2.45, 2.75) is 82.8 Å². The van der Waals surface area contributed by atoms with Gasteiger partial charge in [-0.05, 0) is 64.3 Å². The number of nitrogens with zero attached hydrogens (tertiary/aromatic N) is 3. The molecule has 2 saturated heterocycles. The molecular weight excluding hydrogens is 526 g/mol. The number of aliphatic hydroxyl groups is 1. The van der Waals surface area contributed by atoms with Crippen LogP contribution in [0.25, 0.3) is 10.6 Å². The van der Waals surface area contributed by atoms with Crippen LogP contribution < -0.4 is 10.6 Å². The monoisotopic (exact) mass is 563 g/mol. The molecule has 10 heteroatoms. The number of rotatable bonds is 7. The molecule has 0 aliphatic carbocycles. The number of esters is 1. The Labute approximate surface area is 239 Å². The van der Waals surface area contributed by atoms with E-state index in [9.17, 15) is 14.7 Å². The quantitative estimate of drug-likeness (QED) is 0.366. The van der Waals surface area contributed by atoms with Crippen LogP contribution in [0.2, 0.25) is 0 Å². The number of piperidine rings is 1. The van der Waals surface area contributed by atoms with E-state index in [-0.39, 0.29) is 42.6 Å². The van der Waals surface area contributed by atoms with Gasteiger partial charge in [0, 0.05) is 36.3 Å². The largest absolute Gasteiger partial charge is 0.459 e. The molecule has 0 saturated carbocycles. The van der Waals surface area contributed by atoms with Gasteiger partial charge in [-0.3, -0.25) is 4.79 Å². The molecule has 212 valence electrons. The van der Waals surface area contributed by atoms with Gasteiger partial charge in [-0.2, -0.15) is 0 Å². The summed E-state index contributed by atoms with van der Waals surface area (Å²) in [4.78, 5) is 38.2. The number of hydrogen-bond donors (Lipinski definition) is 3. The Morgan fingerprint density at radius 2 is 1.82 bits per heavy atom. The van der Waals surface area contributed by atoms with Gasteiger partial charge < -0.3 is 25.4 Å². The molecule has 1 amide bonds. The number of carbonyl (C=O) groups is 2. The van der Waals surface area contributed by atoms with E-state index in [1.165, 1.54) is 16.2 Å². The summed E-state index contributed by atoms with van der Waals surface area (Å²) in [6.45, 7) is 9.03. The summed E-state index contributed by atoms with van der Waals surface area (Å²) in [6, 6.07) is 14.2. The number of nitrogens with one attached hydrogen (secondary N) is 2. The van der Waals surface area contributed by atoms with Crippen LogP contribution in [0, 0.1) is 0 Å². The first-order chi connectivity index (χ1) is 19.0. The highest BCUT2D eigenvalue weighted by Gasteiger charge is 2.41. The van der Waals surface area contributed by atoms with Gasteiger partial charge in [-0.25, -0.2) is 14.8 Å². The molecule has 1 aromatic carbocycles. The lowest BCUT2D eigenvalue weighted by Gasteiger charge is -2.46. The Bertz CT molecular complexity index is 1340. The van der Waals surface area contributed by atoms with Gasteiger partial charge in [0.05, 0.1) is 21.6 Å². The Morgan fingerprint density at radius 3 is 2.55 bits per heavy atom. The predicted molar refractivity (Wildman–Crippen MR) is 155 cm³/mol. The Kier molecular flexibility index (Phi) is 7.94. The minimum Gasteiger partial charge on any atom is -0.459 e. The highest BCUT2D eigenvalue weighted by atomic mass is 32.1. The Balaban J connectivity index is 1.26. The summed E-state index contributed by atoms with van der Waals surface area (Å²) >= 11 is 1.31. The summed E-state index contributed by atoms with van der Waals surface area (Å²) in [5.74, 6) is -0.261. The molecule has 2 aliphatic heterocycles. The Hall–Kier alpha value is -3.34. The number of carbonyl (C=O) groups excluding carboxylic acids is 2. The number of thiophene rings is 1. The maximum absolute atomic E-state index is 13.4. The van der Waals surface area contributed by atoms with Crippen LogP contribution in [0.1, 0.15) is 62.2 Å². The van der Waals surface area contributed by atoms with Crippen molar-refractivity contribution in [1.82, 2.24) is 20.2 Å². The summed E-state index contributed by atoms with van der Waals surface area (Å²) < 4.78 is 5.48. The molecule has 2 atom stereocenters. The van der Waals surface area contributed by atoms with Crippen molar-refractivity contribution in [2.24, 2.45) is 0 Å². The zero-order chi connectivity index (χ0) is 28.5. The fourth-order valence-electron chi connectivity index (χ4n) is 5.99. The first kappa shape index (κ1) is 28.2. The molecule has 2 aliphatic rings. The third kappa shape index (κ3) is 6.68. The molecule has 0 bridgehead atoms. The number of aromatic nitrogens is 2. The number of ether oxygens (including phenoxy) is 1. The summed E-state index contributed by atoms with van der Waals surface area (Å²) in [7, 11) is 0. The number of aliphatic hydroxyl groups excluding tert-OH is 1. The van der Waals surface area contributed by atoms with Crippen LogP contribution in [-0.2, 0) is 16.1 Å². The average molecular weight is 564 g/mol. The lowest BCUT2D eigenvalue weighted by atomic mass is 9.80. The van der Waals surface area contributed by atoms with E-state index < -0.39 is 18.1 Å². The van der Waals surface area contributed by atoms with E-state index in [2.05, 4.69) is 43.3 Å². The zero-order valence-electron chi connectivity index (χ0n) is 23.4. The van der Waals surface area contributed by atoms with Gasteiger partial charge in [0.15, 0.2) is 0 Å². The van der Waals surface area contributed by atoms with Gasteiger partial charge in [-0.15, -0.1) is 11.3 Å². The van der Waals surface area contributed by atoms with Gasteiger partial charge in [0.25, 0.3) is 5.91 Å². The van der Waals surface area contributed by atoms with E-state index in [4.69, 9.17) is 9.72 Å². The second-order valence-electron chi connectivity index (χ2n) is 12.0. The van der Waals surface area contributed by atoms with Crippen LogP contribution in [-0.4, -0.2) is 67.7 Å². The number of β-amino-alcohol motifs (C(OH)–C–C–N with tert-alkyl or cyclic N) is 1. The van der Waals surface area contributed by atoms with Gasteiger partial charge in [0.1, 0.15) is 12.6 Å². The van der Waals surface area contributed by atoms with Crippen molar-refractivity contribution in [1.29, 1.82) is 0 Å². The second kappa shape index (κ2) is 11.3. The molecule has 1 unspecified atom stereocenters. The highest BCUT2D eigenvalue weighted by Crippen LogP contribution is 2.32. The molecule has 9 nitrogen and oxygen atoms in total. The Morgan fingerprint density at radius 1 is 1.10 bits per heavy atom. The lowest BCUT2D eigenvalue weighted by molar-refractivity contribution is -0.149. The molecule has 40 heavy (non-hydrogen) atoms. The third-order valence-electron chi connectivity index (χ3n) is 7.28. The van der Waals surface area contributed by atoms with E-state index >= 15 is 0 Å². The van der Waals surface area contributed by atoms with Crippen molar-refractivity contribution < 1.29 is 19.4 Å². The van der Waals surface area contributed by atoms with E-state index in [1.54, 1.807) is 12.3 Å². The molecule has 2 aromatic heterocycles. The van der Waals surface area contributed by atoms with Crippen molar-refractivity contribution in [3.8, 4) is 10.6 Å². The topological polar surface area (TPSA) is 117 Å². The average Bonchev–Trinajstić information content (AvgIpc) is 3.53. The first-order valence-electron chi connectivity index (χ1n) is 13.7. The molecule has 0 spiro atoms. The van der Waals surface area contributed by atoms with Crippen molar-refractivity contribution in [3.05, 3.63) is 65.2 Å². The van der Waals surface area contributed by atoms with E-state index in [0.29, 0.717) is 16.5 Å². The summed E-state index contributed by atoms with van der Waals surface area (Å²) in [6.07, 6.45) is 2.98. The smallest absolute Gasteiger partial charge is 0.329 e. The molecular formula is C30H37N5O4S. The van der Waals surface area contributed by atoms with Gasteiger partial charge >= 0.3 is 5.97 Å². The van der Waals surface area contributed by atoms with Crippen LogP contribution in [0.3, 0.4) is 0 Å². The van der Waals surface area contributed by atoms with Crippen LogP contribution in [0.15, 0.2) is 54.7 Å². The number of benzene rings is 1. The van der Waals surface area contributed by atoms with Gasteiger partial charge in [-0.1, -0.05) is 30.3 Å². The molecule has 3 N–H and O–H groups in total. The van der Waals surface area contributed by atoms with Crippen molar-refractivity contribution in [3.63, 3.8) is 0 Å². The second-order valence-corrected chi connectivity index (χ2v) is 13.1. The molecule has 0 radical (unpaired) electrons. The van der Waals surface area contributed by atoms with Crippen molar-refractivity contribution in [2.75, 3.05) is 11.9 Å². The summed E-state index contributed by atoms with van der Waals surface area (Å²) in [5.41, 5.74) is 1.57. The minimum atomic E-state index is -0.829. The van der Waals surface area contributed by atoms with Crippen LogP contribution in [0.4, 0.5) is 5.95 Å². The normalized spacial score (nSPS) is 22.2. The number of amides is 1. The standard InChI is InChI=1S/C30H37N5O4S/c1-29(2)15-20(16-30(3,4)34-29)32-28-31-13-12-22(33-28)24-10-11-25(40-24)26(37)35-17-21(36)14-23(35)27(38)39-18-19-8-6-5-7-9-19/h5-13,20-21,23,34,36H,14-18H2,1-4H3,(H,31,32,33)/t21?,23-/m0/s1. The van der Waals surface area contributed by atoms with E-state index in [1.807, 2.05) is 42.5 Å². The summed E-state index contributed by atoms with van der Waals surface area (Å²) in [5, 5.41) is 17.5. The zero-order valence-corrected chi connectivity index (χ0v) is 24.2. The van der Waals surface area contributed by atoms with Crippen LogP contribution >= 0.6 is 11.3 Å². The fraction of sp³-hybridized carbons (Fsp3) is 0.467. The lowest BCUT2D eigenvalue weighted by Crippen LogP contribution is -2.60. The molecule has 4 heterocycles. The molecule has 3 aromatic rings. The molecule has 5 rings (SSSR count). The number of anilines is 1. The molecule has 2 fully saturated rings.